The minimum absolute atomic E-state index is 0.562. The van der Waals surface area contributed by atoms with Crippen LogP contribution in [0.1, 0.15) is 30.0 Å². The molecule has 0 spiro atoms. The fourth-order valence-corrected chi connectivity index (χ4v) is 2.10. The molecule has 3 heteroatoms. The molecule has 0 saturated carbocycles. The summed E-state index contributed by atoms with van der Waals surface area (Å²) in [6.45, 7) is 7.80. The Kier molecular flexibility index (Phi) is 4.99. The molecule has 1 N–H and O–H groups in total. The lowest BCUT2D eigenvalue weighted by Crippen LogP contribution is -2.03. The molecule has 0 aliphatic heterocycles. The van der Waals surface area contributed by atoms with Crippen molar-refractivity contribution >= 4 is 5.82 Å². The van der Waals surface area contributed by atoms with Gasteiger partial charge in [0.2, 0.25) is 0 Å². The van der Waals surface area contributed by atoms with Gasteiger partial charge in [0.25, 0.3) is 0 Å². The second-order valence-electron chi connectivity index (χ2n) is 5.09. The predicted molar refractivity (Wildman–Crippen MR) is 83.3 cm³/mol. The van der Waals surface area contributed by atoms with E-state index in [1.165, 1.54) is 11.1 Å². The molecule has 0 bridgehead atoms. The monoisotopic (exact) mass is 270 g/mol. The van der Waals surface area contributed by atoms with E-state index in [4.69, 9.17) is 4.74 Å². The number of ether oxygens (including phenoxy) is 1. The fraction of sp³-hybridized carbons (Fsp3) is 0.353. The summed E-state index contributed by atoms with van der Waals surface area (Å²) in [6, 6.07) is 10.3. The molecule has 0 saturated heterocycles. The zero-order valence-electron chi connectivity index (χ0n) is 12.4. The third-order valence-electron chi connectivity index (χ3n) is 2.98. The summed E-state index contributed by atoms with van der Waals surface area (Å²) < 4.78 is 5.86. The summed E-state index contributed by atoms with van der Waals surface area (Å²) in [7, 11) is 0. The fourth-order valence-electron chi connectivity index (χ4n) is 2.10. The van der Waals surface area contributed by atoms with Gasteiger partial charge in [-0.15, -0.1) is 0 Å². The summed E-state index contributed by atoms with van der Waals surface area (Å²) in [5.41, 5.74) is 3.57. The van der Waals surface area contributed by atoms with Gasteiger partial charge in [-0.1, -0.05) is 13.0 Å². The highest BCUT2D eigenvalue weighted by atomic mass is 16.5. The SMILES string of the molecule is CCCNc1cc(COc2cc(C)cc(C)c2)ccn1. The molecular weight excluding hydrogens is 248 g/mol. The van der Waals surface area contributed by atoms with Gasteiger partial charge in [0.1, 0.15) is 18.2 Å². The predicted octanol–water partition coefficient (Wildman–Crippen LogP) is 4.10. The van der Waals surface area contributed by atoms with Crippen LogP contribution in [0.5, 0.6) is 5.75 Å². The molecule has 0 atom stereocenters. The average Bonchev–Trinajstić information content (AvgIpc) is 2.42. The summed E-state index contributed by atoms with van der Waals surface area (Å²) in [5, 5.41) is 3.28. The standard InChI is InChI=1S/C17H22N2O/c1-4-6-18-17-11-15(5-7-19-17)12-20-16-9-13(2)8-14(3)10-16/h5,7-11H,4,6,12H2,1-3H3,(H,18,19). The Labute approximate surface area is 121 Å². The van der Waals surface area contributed by atoms with E-state index in [2.05, 4.69) is 49.3 Å². The van der Waals surface area contributed by atoms with E-state index in [1.807, 2.05) is 18.3 Å². The second kappa shape index (κ2) is 6.94. The summed E-state index contributed by atoms with van der Waals surface area (Å²) in [5.74, 6) is 1.83. The first-order valence-corrected chi connectivity index (χ1v) is 7.07. The molecular formula is C17H22N2O. The topological polar surface area (TPSA) is 34.1 Å². The van der Waals surface area contributed by atoms with Gasteiger partial charge in [0.15, 0.2) is 0 Å². The van der Waals surface area contributed by atoms with E-state index in [1.54, 1.807) is 0 Å². The van der Waals surface area contributed by atoms with Gasteiger partial charge in [0, 0.05) is 12.7 Å². The van der Waals surface area contributed by atoms with Crippen LogP contribution in [-0.4, -0.2) is 11.5 Å². The van der Waals surface area contributed by atoms with Crippen LogP contribution < -0.4 is 10.1 Å². The molecule has 0 aliphatic rings. The molecule has 0 fully saturated rings. The largest absolute Gasteiger partial charge is 0.489 e. The number of anilines is 1. The Morgan fingerprint density at radius 1 is 1.10 bits per heavy atom. The molecule has 0 amide bonds. The van der Waals surface area contributed by atoms with Crippen LogP contribution in [-0.2, 0) is 6.61 Å². The molecule has 2 aromatic rings. The van der Waals surface area contributed by atoms with Crippen LogP contribution in [0.25, 0.3) is 0 Å². The summed E-state index contributed by atoms with van der Waals surface area (Å²) >= 11 is 0. The highest BCUT2D eigenvalue weighted by Crippen LogP contribution is 2.18. The van der Waals surface area contributed by atoms with Gasteiger partial charge in [-0.25, -0.2) is 4.98 Å². The smallest absolute Gasteiger partial charge is 0.126 e. The third-order valence-corrected chi connectivity index (χ3v) is 2.98. The summed E-state index contributed by atoms with van der Waals surface area (Å²) in [4.78, 5) is 4.29. The minimum atomic E-state index is 0.562. The van der Waals surface area contributed by atoms with Gasteiger partial charge in [-0.2, -0.15) is 0 Å². The Hall–Kier alpha value is -2.03. The van der Waals surface area contributed by atoms with Crippen LogP contribution in [0.2, 0.25) is 0 Å². The number of aryl methyl sites for hydroxylation is 2. The van der Waals surface area contributed by atoms with Crippen molar-refractivity contribution in [2.24, 2.45) is 0 Å². The number of aromatic nitrogens is 1. The van der Waals surface area contributed by atoms with Gasteiger partial charge < -0.3 is 10.1 Å². The second-order valence-corrected chi connectivity index (χ2v) is 5.09. The Morgan fingerprint density at radius 2 is 1.85 bits per heavy atom. The molecule has 106 valence electrons. The first-order chi connectivity index (χ1) is 9.67. The molecule has 0 radical (unpaired) electrons. The lowest BCUT2D eigenvalue weighted by atomic mass is 10.1. The van der Waals surface area contributed by atoms with E-state index >= 15 is 0 Å². The van der Waals surface area contributed by atoms with Crippen LogP contribution in [0.15, 0.2) is 36.5 Å². The first-order valence-electron chi connectivity index (χ1n) is 7.07. The van der Waals surface area contributed by atoms with E-state index in [0.29, 0.717) is 6.61 Å². The molecule has 1 heterocycles. The number of pyridine rings is 1. The Balaban J connectivity index is 1.99. The number of rotatable bonds is 6. The van der Waals surface area contributed by atoms with Crippen molar-refractivity contribution in [3.63, 3.8) is 0 Å². The lowest BCUT2D eigenvalue weighted by Gasteiger charge is -2.10. The van der Waals surface area contributed by atoms with E-state index in [0.717, 1.165) is 30.1 Å². The van der Waals surface area contributed by atoms with Crippen LogP contribution in [0.4, 0.5) is 5.82 Å². The van der Waals surface area contributed by atoms with Crippen molar-refractivity contribution in [3.05, 3.63) is 53.2 Å². The average molecular weight is 270 g/mol. The maximum Gasteiger partial charge on any atom is 0.126 e. The number of nitrogens with one attached hydrogen (secondary N) is 1. The van der Waals surface area contributed by atoms with Crippen molar-refractivity contribution < 1.29 is 4.74 Å². The normalized spacial score (nSPS) is 10.3. The molecule has 3 nitrogen and oxygen atoms in total. The Bertz CT molecular complexity index is 546. The van der Waals surface area contributed by atoms with E-state index < -0.39 is 0 Å². The van der Waals surface area contributed by atoms with E-state index in [-0.39, 0.29) is 0 Å². The maximum absolute atomic E-state index is 5.86. The first kappa shape index (κ1) is 14.4. The summed E-state index contributed by atoms with van der Waals surface area (Å²) in [6.07, 6.45) is 2.91. The lowest BCUT2D eigenvalue weighted by molar-refractivity contribution is 0.306. The number of hydrogen-bond acceptors (Lipinski definition) is 3. The molecule has 0 unspecified atom stereocenters. The van der Waals surface area contributed by atoms with Gasteiger partial charge in [-0.05, 0) is 61.2 Å². The number of nitrogens with zero attached hydrogens (tertiary/aromatic N) is 1. The van der Waals surface area contributed by atoms with Crippen molar-refractivity contribution in [2.75, 3.05) is 11.9 Å². The highest BCUT2D eigenvalue weighted by molar-refractivity contribution is 5.38. The number of hydrogen-bond donors (Lipinski definition) is 1. The molecule has 2 rings (SSSR count). The van der Waals surface area contributed by atoms with Gasteiger partial charge in [0.05, 0.1) is 0 Å². The quantitative estimate of drug-likeness (QED) is 0.858. The molecule has 0 aliphatic carbocycles. The number of benzene rings is 1. The van der Waals surface area contributed by atoms with Crippen molar-refractivity contribution in [3.8, 4) is 5.75 Å². The Morgan fingerprint density at radius 3 is 2.55 bits per heavy atom. The minimum Gasteiger partial charge on any atom is -0.489 e. The van der Waals surface area contributed by atoms with Gasteiger partial charge >= 0.3 is 0 Å². The molecule has 1 aromatic heterocycles. The molecule has 20 heavy (non-hydrogen) atoms. The highest BCUT2D eigenvalue weighted by Gasteiger charge is 2.00. The molecule has 1 aromatic carbocycles. The van der Waals surface area contributed by atoms with E-state index in [9.17, 15) is 0 Å². The van der Waals surface area contributed by atoms with Crippen LogP contribution in [0.3, 0.4) is 0 Å². The zero-order valence-corrected chi connectivity index (χ0v) is 12.4. The van der Waals surface area contributed by atoms with Crippen molar-refractivity contribution in [1.82, 2.24) is 4.98 Å². The zero-order chi connectivity index (χ0) is 14.4. The van der Waals surface area contributed by atoms with Gasteiger partial charge in [-0.3, -0.25) is 0 Å². The van der Waals surface area contributed by atoms with Crippen molar-refractivity contribution in [1.29, 1.82) is 0 Å². The van der Waals surface area contributed by atoms with Crippen molar-refractivity contribution in [2.45, 2.75) is 33.8 Å². The van der Waals surface area contributed by atoms with Crippen LogP contribution in [0, 0.1) is 13.8 Å². The van der Waals surface area contributed by atoms with Crippen LogP contribution >= 0.6 is 0 Å². The maximum atomic E-state index is 5.86. The third kappa shape index (κ3) is 4.26.